The molecule has 0 saturated heterocycles. The zero-order chi connectivity index (χ0) is 9.07. The molecular weight excluding hydrogens is 136 g/mol. The molecule has 0 radical (unpaired) electrons. The van der Waals surface area contributed by atoms with Gasteiger partial charge in [0.25, 0.3) is 0 Å². The van der Waals surface area contributed by atoms with Crippen molar-refractivity contribution in [3.8, 4) is 0 Å². The van der Waals surface area contributed by atoms with Gasteiger partial charge in [-0.05, 0) is 17.8 Å². The highest BCUT2D eigenvalue weighted by atomic mass is 16.3. The standard InChI is InChI=1S/C10H22O/c1-6-8(9(11)7-2)10(3,4)5/h8-9,11H,6-7H2,1-5H3. The molecule has 1 heteroatoms. The fourth-order valence-corrected chi connectivity index (χ4v) is 1.75. The molecule has 1 nitrogen and oxygen atoms in total. The maximum absolute atomic E-state index is 9.65. The van der Waals surface area contributed by atoms with Gasteiger partial charge in [0.2, 0.25) is 0 Å². The summed E-state index contributed by atoms with van der Waals surface area (Å²) >= 11 is 0. The molecule has 0 amide bonds. The summed E-state index contributed by atoms with van der Waals surface area (Å²) in [6, 6.07) is 0. The highest BCUT2D eigenvalue weighted by molar-refractivity contribution is 4.78. The molecule has 2 atom stereocenters. The first-order chi connectivity index (χ1) is 4.93. The summed E-state index contributed by atoms with van der Waals surface area (Å²) in [5.74, 6) is 0.437. The Balaban J connectivity index is 4.16. The number of aliphatic hydroxyl groups is 1. The Morgan fingerprint density at radius 2 is 1.55 bits per heavy atom. The van der Waals surface area contributed by atoms with Gasteiger partial charge in [0.1, 0.15) is 0 Å². The average Bonchev–Trinajstić information content (AvgIpc) is 1.86. The second-order valence-corrected chi connectivity index (χ2v) is 4.36. The molecule has 0 heterocycles. The van der Waals surface area contributed by atoms with Gasteiger partial charge < -0.3 is 5.11 Å². The molecule has 0 aliphatic heterocycles. The maximum atomic E-state index is 9.65. The van der Waals surface area contributed by atoms with Crippen LogP contribution in [0.3, 0.4) is 0 Å². The van der Waals surface area contributed by atoms with E-state index in [9.17, 15) is 5.11 Å². The molecule has 2 unspecified atom stereocenters. The van der Waals surface area contributed by atoms with Crippen LogP contribution in [0.4, 0.5) is 0 Å². The van der Waals surface area contributed by atoms with E-state index in [1.54, 1.807) is 0 Å². The predicted octanol–water partition coefficient (Wildman–Crippen LogP) is 2.83. The minimum Gasteiger partial charge on any atom is -0.393 e. The molecule has 68 valence electrons. The molecule has 0 fully saturated rings. The van der Waals surface area contributed by atoms with Crippen LogP contribution in [0.25, 0.3) is 0 Å². The third kappa shape index (κ3) is 3.24. The van der Waals surface area contributed by atoms with Crippen molar-refractivity contribution in [1.82, 2.24) is 0 Å². The van der Waals surface area contributed by atoms with Crippen molar-refractivity contribution in [3.05, 3.63) is 0 Å². The van der Waals surface area contributed by atoms with Gasteiger partial charge in [-0.15, -0.1) is 0 Å². The first-order valence-electron chi connectivity index (χ1n) is 4.61. The van der Waals surface area contributed by atoms with Gasteiger partial charge in [0.15, 0.2) is 0 Å². The van der Waals surface area contributed by atoms with Crippen molar-refractivity contribution in [2.45, 2.75) is 53.6 Å². The Morgan fingerprint density at radius 1 is 1.09 bits per heavy atom. The highest BCUT2D eigenvalue weighted by Gasteiger charge is 2.28. The van der Waals surface area contributed by atoms with Crippen LogP contribution in [0.15, 0.2) is 0 Å². The number of aliphatic hydroxyl groups excluding tert-OH is 1. The van der Waals surface area contributed by atoms with E-state index in [4.69, 9.17) is 0 Å². The first-order valence-corrected chi connectivity index (χ1v) is 4.61. The van der Waals surface area contributed by atoms with Gasteiger partial charge in [-0.25, -0.2) is 0 Å². The summed E-state index contributed by atoms with van der Waals surface area (Å²) in [6.45, 7) is 10.8. The Hall–Kier alpha value is -0.0400. The summed E-state index contributed by atoms with van der Waals surface area (Å²) in [5.41, 5.74) is 0.240. The monoisotopic (exact) mass is 158 g/mol. The third-order valence-electron chi connectivity index (χ3n) is 2.43. The quantitative estimate of drug-likeness (QED) is 0.669. The van der Waals surface area contributed by atoms with Crippen molar-refractivity contribution < 1.29 is 5.11 Å². The van der Waals surface area contributed by atoms with E-state index in [0.717, 1.165) is 12.8 Å². The smallest absolute Gasteiger partial charge is 0.0570 e. The molecule has 0 aromatic rings. The van der Waals surface area contributed by atoms with E-state index in [2.05, 4.69) is 27.7 Å². The average molecular weight is 158 g/mol. The lowest BCUT2D eigenvalue weighted by atomic mass is 9.75. The first kappa shape index (κ1) is 11.0. The highest BCUT2D eigenvalue weighted by Crippen LogP contribution is 2.32. The van der Waals surface area contributed by atoms with Gasteiger partial charge in [-0.1, -0.05) is 41.0 Å². The topological polar surface area (TPSA) is 20.2 Å². The van der Waals surface area contributed by atoms with E-state index in [-0.39, 0.29) is 11.5 Å². The maximum Gasteiger partial charge on any atom is 0.0570 e. The van der Waals surface area contributed by atoms with Crippen molar-refractivity contribution >= 4 is 0 Å². The molecule has 0 saturated carbocycles. The molecule has 0 bridgehead atoms. The van der Waals surface area contributed by atoms with Crippen molar-refractivity contribution in [2.75, 3.05) is 0 Å². The van der Waals surface area contributed by atoms with Crippen LogP contribution in [0.1, 0.15) is 47.5 Å². The molecular formula is C10H22O. The van der Waals surface area contributed by atoms with Crippen LogP contribution >= 0.6 is 0 Å². The molecule has 1 N–H and O–H groups in total. The molecule has 11 heavy (non-hydrogen) atoms. The van der Waals surface area contributed by atoms with E-state index < -0.39 is 0 Å². The van der Waals surface area contributed by atoms with Crippen molar-refractivity contribution in [3.63, 3.8) is 0 Å². The summed E-state index contributed by atoms with van der Waals surface area (Å²) in [6.07, 6.45) is 1.81. The lowest BCUT2D eigenvalue weighted by Gasteiger charge is -2.33. The zero-order valence-corrected chi connectivity index (χ0v) is 8.52. The normalized spacial score (nSPS) is 18.0. The van der Waals surface area contributed by atoms with Crippen LogP contribution in [0, 0.1) is 11.3 Å². The Kier molecular flexibility index (Phi) is 4.09. The summed E-state index contributed by atoms with van der Waals surface area (Å²) < 4.78 is 0. The van der Waals surface area contributed by atoms with Crippen molar-refractivity contribution in [1.29, 1.82) is 0 Å². The number of hydrogen-bond donors (Lipinski definition) is 1. The Labute approximate surface area is 70.8 Å². The molecule has 0 aromatic heterocycles. The molecule has 0 spiro atoms. The van der Waals surface area contributed by atoms with E-state index in [1.165, 1.54) is 0 Å². The molecule has 0 aliphatic rings. The number of hydrogen-bond acceptors (Lipinski definition) is 1. The van der Waals surface area contributed by atoms with Crippen LogP contribution in [-0.2, 0) is 0 Å². The lowest BCUT2D eigenvalue weighted by molar-refractivity contribution is 0.0377. The molecule has 0 aromatic carbocycles. The second kappa shape index (κ2) is 4.10. The largest absolute Gasteiger partial charge is 0.393 e. The van der Waals surface area contributed by atoms with E-state index in [0.29, 0.717) is 5.92 Å². The molecule has 0 rings (SSSR count). The fraction of sp³-hybridized carbons (Fsp3) is 1.00. The summed E-state index contributed by atoms with van der Waals surface area (Å²) in [5, 5.41) is 9.65. The van der Waals surface area contributed by atoms with Gasteiger partial charge in [-0.3, -0.25) is 0 Å². The van der Waals surface area contributed by atoms with E-state index >= 15 is 0 Å². The van der Waals surface area contributed by atoms with Crippen LogP contribution in [0.5, 0.6) is 0 Å². The predicted molar refractivity (Wildman–Crippen MR) is 49.5 cm³/mol. The zero-order valence-electron chi connectivity index (χ0n) is 8.52. The van der Waals surface area contributed by atoms with Gasteiger partial charge in [0.05, 0.1) is 6.10 Å². The van der Waals surface area contributed by atoms with Gasteiger partial charge >= 0.3 is 0 Å². The summed E-state index contributed by atoms with van der Waals surface area (Å²) in [4.78, 5) is 0. The van der Waals surface area contributed by atoms with Crippen LogP contribution < -0.4 is 0 Å². The third-order valence-corrected chi connectivity index (χ3v) is 2.43. The van der Waals surface area contributed by atoms with Gasteiger partial charge in [0, 0.05) is 0 Å². The van der Waals surface area contributed by atoms with Crippen LogP contribution in [0.2, 0.25) is 0 Å². The SMILES string of the molecule is CCC(O)C(CC)C(C)(C)C. The van der Waals surface area contributed by atoms with Crippen molar-refractivity contribution in [2.24, 2.45) is 11.3 Å². The Morgan fingerprint density at radius 3 is 1.64 bits per heavy atom. The lowest BCUT2D eigenvalue weighted by Crippen LogP contribution is -2.31. The minimum absolute atomic E-state index is 0.125. The fourth-order valence-electron chi connectivity index (χ4n) is 1.75. The van der Waals surface area contributed by atoms with Gasteiger partial charge in [-0.2, -0.15) is 0 Å². The Bertz CT molecular complexity index is 102. The van der Waals surface area contributed by atoms with Crippen LogP contribution in [-0.4, -0.2) is 11.2 Å². The number of rotatable bonds is 3. The van der Waals surface area contributed by atoms with E-state index in [1.807, 2.05) is 6.92 Å². The second-order valence-electron chi connectivity index (χ2n) is 4.36. The summed E-state index contributed by atoms with van der Waals surface area (Å²) in [7, 11) is 0. The molecule has 0 aliphatic carbocycles. The minimum atomic E-state index is -0.125.